The molecule has 2 rings (SSSR count). The van der Waals surface area contributed by atoms with Crippen molar-refractivity contribution in [3.05, 3.63) is 28.2 Å². The van der Waals surface area contributed by atoms with E-state index in [1.165, 1.54) is 47.8 Å². The van der Waals surface area contributed by atoms with Crippen molar-refractivity contribution < 1.29 is 0 Å². The van der Waals surface area contributed by atoms with Gasteiger partial charge >= 0.3 is 0 Å². The molecule has 118 valence electrons. The van der Waals surface area contributed by atoms with E-state index in [4.69, 9.17) is 0 Å². The summed E-state index contributed by atoms with van der Waals surface area (Å²) < 4.78 is 1.22. The highest BCUT2D eigenvalue weighted by Crippen LogP contribution is 2.32. The summed E-state index contributed by atoms with van der Waals surface area (Å²) in [6.07, 6.45) is 6.65. The molecule has 1 aromatic rings. The first-order chi connectivity index (χ1) is 10.1. The number of hydrogen-bond acceptors (Lipinski definition) is 2. The first kappa shape index (κ1) is 16.8. The molecular weight excluding hydrogens is 324 g/mol. The zero-order valence-electron chi connectivity index (χ0n) is 13.7. The Kier molecular flexibility index (Phi) is 6.56. The van der Waals surface area contributed by atoms with E-state index in [9.17, 15) is 0 Å². The van der Waals surface area contributed by atoms with Gasteiger partial charge in [-0.1, -0.05) is 48.7 Å². The summed E-state index contributed by atoms with van der Waals surface area (Å²) in [5, 5.41) is 3.47. The van der Waals surface area contributed by atoms with Gasteiger partial charge in [-0.3, -0.25) is 0 Å². The predicted octanol–water partition coefficient (Wildman–Crippen LogP) is 4.96. The molecular formula is C18H29BrN2. The SMILES string of the molecule is CCCNCc1ccc(N(C)C2CCCCC2C)cc1Br. The summed E-state index contributed by atoms with van der Waals surface area (Å²) in [6, 6.07) is 7.50. The molecule has 0 radical (unpaired) electrons. The van der Waals surface area contributed by atoms with Crippen molar-refractivity contribution in [2.24, 2.45) is 5.92 Å². The lowest BCUT2D eigenvalue weighted by Gasteiger charge is -2.38. The summed E-state index contributed by atoms with van der Waals surface area (Å²) in [6.45, 7) is 6.62. The van der Waals surface area contributed by atoms with E-state index in [1.54, 1.807) is 0 Å². The first-order valence-electron chi connectivity index (χ1n) is 8.35. The second kappa shape index (κ2) is 8.19. The monoisotopic (exact) mass is 352 g/mol. The highest BCUT2D eigenvalue weighted by atomic mass is 79.9. The molecule has 1 saturated carbocycles. The van der Waals surface area contributed by atoms with E-state index in [-0.39, 0.29) is 0 Å². The van der Waals surface area contributed by atoms with Gasteiger partial charge in [0, 0.05) is 29.8 Å². The Bertz CT molecular complexity index is 447. The Morgan fingerprint density at radius 3 is 2.71 bits per heavy atom. The first-order valence-corrected chi connectivity index (χ1v) is 9.14. The molecule has 2 atom stereocenters. The molecule has 1 aliphatic carbocycles. The van der Waals surface area contributed by atoms with Crippen LogP contribution < -0.4 is 10.2 Å². The van der Waals surface area contributed by atoms with Gasteiger partial charge in [0.25, 0.3) is 0 Å². The third-order valence-electron chi connectivity index (χ3n) is 4.75. The zero-order chi connectivity index (χ0) is 15.2. The van der Waals surface area contributed by atoms with Crippen LogP contribution in [0.15, 0.2) is 22.7 Å². The van der Waals surface area contributed by atoms with Crippen LogP contribution in [-0.4, -0.2) is 19.6 Å². The summed E-state index contributed by atoms with van der Waals surface area (Å²) in [7, 11) is 2.25. The lowest BCUT2D eigenvalue weighted by Crippen LogP contribution is -2.39. The molecule has 0 heterocycles. The molecule has 1 fully saturated rings. The highest BCUT2D eigenvalue weighted by Gasteiger charge is 2.25. The second-order valence-electron chi connectivity index (χ2n) is 6.39. The van der Waals surface area contributed by atoms with Crippen LogP contribution in [0.3, 0.4) is 0 Å². The van der Waals surface area contributed by atoms with Gasteiger partial charge < -0.3 is 10.2 Å². The Hall–Kier alpha value is -0.540. The minimum Gasteiger partial charge on any atom is -0.371 e. The second-order valence-corrected chi connectivity index (χ2v) is 7.25. The molecule has 21 heavy (non-hydrogen) atoms. The molecule has 0 saturated heterocycles. The van der Waals surface area contributed by atoms with E-state index in [2.05, 4.69) is 65.2 Å². The van der Waals surface area contributed by atoms with Gasteiger partial charge in [0.05, 0.1) is 0 Å². The summed E-state index contributed by atoms with van der Waals surface area (Å²) in [4.78, 5) is 2.48. The van der Waals surface area contributed by atoms with E-state index in [0.29, 0.717) is 6.04 Å². The lowest BCUT2D eigenvalue weighted by molar-refractivity contribution is 0.321. The smallest absolute Gasteiger partial charge is 0.0377 e. The van der Waals surface area contributed by atoms with Crippen LogP contribution in [-0.2, 0) is 6.54 Å². The average molecular weight is 353 g/mol. The van der Waals surface area contributed by atoms with Crippen LogP contribution in [0.25, 0.3) is 0 Å². The number of benzene rings is 1. The van der Waals surface area contributed by atoms with Gasteiger partial charge in [0.2, 0.25) is 0 Å². The lowest BCUT2D eigenvalue weighted by atomic mass is 9.85. The molecule has 0 aromatic heterocycles. The Morgan fingerprint density at radius 1 is 1.29 bits per heavy atom. The third kappa shape index (κ3) is 4.46. The summed E-state index contributed by atoms with van der Waals surface area (Å²) in [5.41, 5.74) is 2.68. The summed E-state index contributed by atoms with van der Waals surface area (Å²) >= 11 is 3.74. The number of nitrogens with one attached hydrogen (secondary N) is 1. The fourth-order valence-corrected chi connectivity index (χ4v) is 3.87. The van der Waals surface area contributed by atoms with Gasteiger partial charge in [-0.15, -0.1) is 0 Å². The fourth-order valence-electron chi connectivity index (χ4n) is 3.36. The van der Waals surface area contributed by atoms with Crippen molar-refractivity contribution in [1.29, 1.82) is 0 Å². The molecule has 1 aromatic carbocycles. The van der Waals surface area contributed by atoms with Gasteiger partial charge in [-0.25, -0.2) is 0 Å². The molecule has 2 unspecified atom stereocenters. The van der Waals surface area contributed by atoms with Crippen LogP contribution in [0.5, 0.6) is 0 Å². The number of nitrogens with zero attached hydrogens (tertiary/aromatic N) is 1. The maximum absolute atomic E-state index is 3.74. The van der Waals surface area contributed by atoms with Crippen LogP contribution in [0.1, 0.15) is 51.5 Å². The molecule has 2 nitrogen and oxygen atoms in total. The van der Waals surface area contributed by atoms with Crippen LogP contribution in [0, 0.1) is 5.92 Å². The van der Waals surface area contributed by atoms with Crippen LogP contribution in [0.4, 0.5) is 5.69 Å². The minimum atomic E-state index is 0.690. The maximum atomic E-state index is 3.74. The Labute approximate surface area is 138 Å². The van der Waals surface area contributed by atoms with Gasteiger partial charge in [-0.05, 0) is 49.4 Å². The average Bonchev–Trinajstić information content (AvgIpc) is 2.49. The number of hydrogen-bond donors (Lipinski definition) is 1. The van der Waals surface area contributed by atoms with Gasteiger partial charge in [0.15, 0.2) is 0 Å². The van der Waals surface area contributed by atoms with Crippen molar-refractivity contribution in [3.63, 3.8) is 0 Å². The van der Waals surface area contributed by atoms with Crippen molar-refractivity contribution in [3.8, 4) is 0 Å². The van der Waals surface area contributed by atoms with E-state index in [0.717, 1.165) is 19.0 Å². The van der Waals surface area contributed by atoms with Gasteiger partial charge in [-0.2, -0.15) is 0 Å². The molecule has 0 amide bonds. The number of anilines is 1. The van der Waals surface area contributed by atoms with Crippen molar-refractivity contribution in [2.75, 3.05) is 18.5 Å². The molecule has 0 bridgehead atoms. The van der Waals surface area contributed by atoms with Crippen LogP contribution >= 0.6 is 15.9 Å². The summed E-state index contributed by atoms with van der Waals surface area (Å²) in [5.74, 6) is 0.799. The van der Waals surface area contributed by atoms with Crippen molar-refractivity contribution in [2.45, 2.75) is 58.5 Å². The van der Waals surface area contributed by atoms with E-state index >= 15 is 0 Å². The normalized spacial score (nSPS) is 22.3. The van der Waals surface area contributed by atoms with Crippen molar-refractivity contribution >= 4 is 21.6 Å². The van der Waals surface area contributed by atoms with Crippen molar-refractivity contribution in [1.82, 2.24) is 5.32 Å². The maximum Gasteiger partial charge on any atom is 0.0377 e. The molecule has 0 spiro atoms. The standard InChI is InChI=1S/C18H29BrN2/c1-4-11-20-13-15-9-10-16(12-17(15)19)21(3)18-8-6-5-7-14(18)2/h9-10,12,14,18,20H,4-8,11,13H2,1-3H3. The quantitative estimate of drug-likeness (QED) is 0.727. The zero-order valence-corrected chi connectivity index (χ0v) is 15.2. The highest BCUT2D eigenvalue weighted by molar-refractivity contribution is 9.10. The van der Waals surface area contributed by atoms with Gasteiger partial charge in [0.1, 0.15) is 0 Å². The van der Waals surface area contributed by atoms with E-state index in [1.807, 2.05) is 0 Å². The Morgan fingerprint density at radius 2 is 2.05 bits per heavy atom. The number of rotatable bonds is 6. The Balaban J connectivity index is 2.04. The van der Waals surface area contributed by atoms with Crippen LogP contribution in [0.2, 0.25) is 0 Å². The fraction of sp³-hybridized carbons (Fsp3) is 0.667. The topological polar surface area (TPSA) is 15.3 Å². The number of halogens is 1. The minimum absolute atomic E-state index is 0.690. The molecule has 0 aliphatic heterocycles. The molecule has 3 heteroatoms. The van der Waals surface area contributed by atoms with E-state index < -0.39 is 0 Å². The third-order valence-corrected chi connectivity index (χ3v) is 5.49. The molecule has 1 aliphatic rings. The molecule has 1 N–H and O–H groups in total. The predicted molar refractivity (Wildman–Crippen MR) is 96.0 cm³/mol. The largest absolute Gasteiger partial charge is 0.371 e.